The van der Waals surface area contributed by atoms with Crippen LogP contribution in [0.25, 0.3) is 9.40 Å². The lowest BCUT2D eigenvalue weighted by molar-refractivity contribution is 0.313. The van der Waals surface area contributed by atoms with E-state index >= 15 is 0 Å². The lowest BCUT2D eigenvalue weighted by Gasteiger charge is -2.06. The standard InChI is InChI=1S/C22H36OS2/c1-4-6-7-8-9-10-11-12-13-15-23-22-17-21-20(25-22)16-19(24-21)18(3)14-5-2/h16-18H,4-15H2,1-3H3. The molecule has 1 nitrogen and oxygen atoms in total. The Bertz CT molecular complexity index is 552. The lowest BCUT2D eigenvalue weighted by atomic mass is 10.1. The molecular weight excluding hydrogens is 344 g/mol. The molecule has 0 spiro atoms. The summed E-state index contributed by atoms with van der Waals surface area (Å²) < 4.78 is 8.80. The zero-order valence-electron chi connectivity index (χ0n) is 16.4. The van der Waals surface area contributed by atoms with Gasteiger partial charge in [0.25, 0.3) is 0 Å². The van der Waals surface area contributed by atoms with Crippen molar-refractivity contribution in [2.45, 2.75) is 97.3 Å². The normalized spacial score (nSPS) is 12.8. The highest BCUT2D eigenvalue weighted by Crippen LogP contribution is 2.40. The number of hydrogen-bond acceptors (Lipinski definition) is 3. The van der Waals surface area contributed by atoms with Crippen LogP contribution in [0.15, 0.2) is 12.1 Å². The van der Waals surface area contributed by atoms with Gasteiger partial charge in [-0.25, -0.2) is 0 Å². The lowest BCUT2D eigenvalue weighted by Crippen LogP contribution is -1.95. The minimum absolute atomic E-state index is 0.695. The van der Waals surface area contributed by atoms with E-state index < -0.39 is 0 Å². The van der Waals surface area contributed by atoms with E-state index in [2.05, 4.69) is 32.9 Å². The van der Waals surface area contributed by atoms with Crippen LogP contribution in [0.4, 0.5) is 0 Å². The van der Waals surface area contributed by atoms with Crippen molar-refractivity contribution in [3.05, 3.63) is 17.0 Å². The molecule has 0 amide bonds. The summed E-state index contributed by atoms with van der Waals surface area (Å²) in [5.74, 6) is 0.695. The number of hydrogen-bond donors (Lipinski definition) is 0. The molecule has 142 valence electrons. The topological polar surface area (TPSA) is 9.23 Å². The Labute approximate surface area is 162 Å². The van der Waals surface area contributed by atoms with Crippen molar-refractivity contribution < 1.29 is 4.74 Å². The van der Waals surface area contributed by atoms with Crippen LogP contribution >= 0.6 is 22.7 Å². The van der Waals surface area contributed by atoms with Crippen LogP contribution < -0.4 is 4.74 Å². The van der Waals surface area contributed by atoms with Gasteiger partial charge in [-0.15, -0.1) is 11.3 Å². The van der Waals surface area contributed by atoms with Gasteiger partial charge in [-0.3, -0.25) is 0 Å². The number of fused-ring (bicyclic) bond motifs is 1. The van der Waals surface area contributed by atoms with E-state index in [9.17, 15) is 0 Å². The molecule has 1 atom stereocenters. The van der Waals surface area contributed by atoms with Gasteiger partial charge in [0.2, 0.25) is 0 Å². The van der Waals surface area contributed by atoms with E-state index in [1.807, 2.05) is 22.7 Å². The average Bonchev–Trinajstić information content (AvgIpc) is 3.15. The summed E-state index contributed by atoms with van der Waals surface area (Å²) in [4.78, 5) is 1.54. The zero-order valence-corrected chi connectivity index (χ0v) is 18.1. The molecule has 2 aromatic heterocycles. The van der Waals surface area contributed by atoms with Crippen LogP contribution in [0.3, 0.4) is 0 Å². The van der Waals surface area contributed by atoms with Gasteiger partial charge in [0.05, 0.1) is 6.61 Å². The molecular formula is C22H36OS2. The predicted molar refractivity (Wildman–Crippen MR) is 116 cm³/mol. The molecule has 0 aliphatic heterocycles. The quantitative estimate of drug-likeness (QED) is 0.297. The summed E-state index contributed by atoms with van der Waals surface area (Å²) in [6.45, 7) is 7.77. The third-order valence-corrected chi connectivity index (χ3v) is 7.34. The second kappa shape index (κ2) is 12.0. The molecule has 0 aliphatic carbocycles. The maximum atomic E-state index is 5.98. The monoisotopic (exact) mass is 380 g/mol. The summed E-state index contributed by atoms with van der Waals surface area (Å²) in [6, 6.07) is 4.64. The van der Waals surface area contributed by atoms with Gasteiger partial charge in [0, 0.05) is 20.3 Å². The Morgan fingerprint density at radius 1 is 0.800 bits per heavy atom. The van der Waals surface area contributed by atoms with E-state index in [1.54, 1.807) is 0 Å². The van der Waals surface area contributed by atoms with Gasteiger partial charge in [0.1, 0.15) is 0 Å². The molecule has 0 saturated carbocycles. The molecule has 2 heterocycles. The maximum absolute atomic E-state index is 5.98. The fourth-order valence-corrected chi connectivity index (χ4v) is 5.66. The Kier molecular flexibility index (Phi) is 9.93. The van der Waals surface area contributed by atoms with E-state index in [1.165, 1.54) is 84.9 Å². The second-order valence-corrected chi connectivity index (χ2v) is 9.47. The predicted octanol–water partition coefficient (Wildman–Crippen LogP) is 8.78. The van der Waals surface area contributed by atoms with Crippen molar-refractivity contribution in [2.24, 2.45) is 0 Å². The van der Waals surface area contributed by atoms with Gasteiger partial charge in [0.15, 0.2) is 5.06 Å². The summed E-state index contributed by atoms with van der Waals surface area (Å²) in [5.41, 5.74) is 0. The van der Waals surface area contributed by atoms with Gasteiger partial charge >= 0.3 is 0 Å². The van der Waals surface area contributed by atoms with E-state index in [4.69, 9.17) is 4.74 Å². The summed E-state index contributed by atoms with van der Waals surface area (Å²) >= 11 is 3.78. The SMILES string of the molecule is CCCCCCCCCCCOc1cc2sc(C(C)CCC)cc2s1. The fraction of sp³-hybridized carbons (Fsp3) is 0.727. The zero-order chi connectivity index (χ0) is 17.9. The highest BCUT2D eigenvalue weighted by atomic mass is 32.1. The first-order chi connectivity index (χ1) is 12.2. The second-order valence-electron chi connectivity index (χ2n) is 7.31. The molecule has 0 radical (unpaired) electrons. The van der Waals surface area contributed by atoms with Crippen molar-refractivity contribution in [1.82, 2.24) is 0 Å². The van der Waals surface area contributed by atoms with E-state index in [-0.39, 0.29) is 0 Å². The Hall–Kier alpha value is -0.540. The molecule has 2 rings (SSSR count). The number of unbranched alkanes of at least 4 members (excludes halogenated alkanes) is 8. The van der Waals surface area contributed by atoms with Crippen molar-refractivity contribution >= 4 is 32.1 Å². The molecule has 0 bridgehead atoms. The molecule has 1 unspecified atom stereocenters. The first-order valence-corrected chi connectivity index (χ1v) is 12.0. The van der Waals surface area contributed by atoms with Crippen LogP contribution in [-0.4, -0.2) is 6.61 Å². The molecule has 0 aromatic carbocycles. The summed E-state index contributed by atoms with van der Waals surface area (Å²) in [7, 11) is 0. The third-order valence-electron chi connectivity index (χ3n) is 4.90. The van der Waals surface area contributed by atoms with Crippen LogP contribution in [0.5, 0.6) is 5.06 Å². The van der Waals surface area contributed by atoms with Gasteiger partial charge < -0.3 is 4.74 Å². The van der Waals surface area contributed by atoms with Crippen molar-refractivity contribution in [2.75, 3.05) is 6.61 Å². The molecule has 0 N–H and O–H groups in total. The van der Waals surface area contributed by atoms with Gasteiger partial charge in [-0.2, -0.15) is 0 Å². The molecule has 25 heavy (non-hydrogen) atoms. The number of thiophene rings is 2. The molecule has 3 heteroatoms. The minimum atomic E-state index is 0.695. The molecule has 0 saturated heterocycles. The number of ether oxygens (including phenoxy) is 1. The Morgan fingerprint density at radius 3 is 2.08 bits per heavy atom. The average molecular weight is 381 g/mol. The van der Waals surface area contributed by atoms with Crippen molar-refractivity contribution in [3.8, 4) is 5.06 Å². The smallest absolute Gasteiger partial charge is 0.175 e. The Balaban J connectivity index is 1.59. The van der Waals surface area contributed by atoms with Crippen molar-refractivity contribution in [1.29, 1.82) is 0 Å². The third kappa shape index (κ3) is 7.30. The highest BCUT2D eigenvalue weighted by molar-refractivity contribution is 7.28. The van der Waals surface area contributed by atoms with Gasteiger partial charge in [-0.1, -0.05) is 89.9 Å². The fourth-order valence-electron chi connectivity index (χ4n) is 3.31. The maximum Gasteiger partial charge on any atom is 0.175 e. The molecule has 0 aliphatic rings. The minimum Gasteiger partial charge on any atom is -0.484 e. The van der Waals surface area contributed by atoms with Crippen LogP contribution in [0.2, 0.25) is 0 Å². The first-order valence-electron chi connectivity index (χ1n) is 10.4. The van der Waals surface area contributed by atoms with E-state index in [0.717, 1.165) is 11.7 Å². The van der Waals surface area contributed by atoms with Gasteiger partial charge in [-0.05, 0) is 24.8 Å². The molecule has 0 fully saturated rings. The highest BCUT2D eigenvalue weighted by Gasteiger charge is 2.12. The first kappa shape index (κ1) is 20.8. The van der Waals surface area contributed by atoms with Crippen LogP contribution in [-0.2, 0) is 0 Å². The van der Waals surface area contributed by atoms with Crippen LogP contribution in [0, 0.1) is 0 Å². The largest absolute Gasteiger partial charge is 0.484 e. The van der Waals surface area contributed by atoms with E-state index in [0.29, 0.717) is 5.92 Å². The molecule has 2 aromatic rings. The summed E-state index contributed by atoms with van der Waals surface area (Å²) in [6.07, 6.45) is 14.8. The van der Waals surface area contributed by atoms with Crippen molar-refractivity contribution in [3.63, 3.8) is 0 Å². The summed E-state index contributed by atoms with van der Waals surface area (Å²) in [5, 5.41) is 1.11. The van der Waals surface area contributed by atoms with Crippen LogP contribution in [0.1, 0.15) is 102 Å². The number of rotatable bonds is 14. The Morgan fingerprint density at radius 2 is 1.44 bits per heavy atom.